The van der Waals surface area contributed by atoms with Gasteiger partial charge in [-0.2, -0.15) is 0 Å². The van der Waals surface area contributed by atoms with Crippen molar-refractivity contribution >= 4 is 37.6 Å². The Morgan fingerprint density at radius 2 is 1.90 bits per heavy atom. The smallest absolute Gasteiger partial charge is 0.336 e. The van der Waals surface area contributed by atoms with Gasteiger partial charge in [0.1, 0.15) is 6.33 Å². The maximum absolute atomic E-state index is 12.1. The Kier molecular flexibility index (Phi) is 4.00. The molecule has 0 aliphatic rings. The Balaban J connectivity index is 2.40. The second-order valence-corrected chi connectivity index (χ2v) is 6.22. The molecule has 0 aliphatic carbocycles. The number of aromatic nitrogens is 2. The summed E-state index contributed by atoms with van der Waals surface area (Å²) < 4.78 is 26.8. The molecule has 2 N–H and O–H groups in total. The van der Waals surface area contributed by atoms with Gasteiger partial charge in [0.25, 0.3) is 10.0 Å². The highest BCUT2D eigenvalue weighted by molar-refractivity contribution is 9.10. The van der Waals surface area contributed by atoms with Crippen molar-refractivity contribution < 1.29 is 18.3 Å². The zero-order valence-electron chi connectivity index (χ0n) is 9.82. The van der Waals surface area contributed by atoms with Crippen molar-refractivity contribution in [3.8, 4) is 0 Å². The Hall–Kier alpha value is -2.00. The third kappa shape index (κ3) is 3.11. The predicted molar refractivity (Wildman–Crippen MR) is 73.9 cm³/mol. The van der Waals surface area contributed by atoms with Crippen LogP contribution in [0.2, 0.25) is 0 Å². The third-order valence-electron chi connectivity index (χ3n) is 2.29. The highest BCUT2D eigenvalue weighted by atomic mass is 79.9. The number of nitrogens with one attached hydrogen (secondary N) is 1. The number of benzene rings is 1. The van der Waals surface area contributed by atoms with E-state index >= 15 is 0 Å². The molecule has 0 atom stereocenters. The fourth-order valence-corrected chi connectivity index (χ4v) is 2.87. The van der Waals surface area contributed by atoms with E-state index in [1.807, 2.05) is 0 Å². The molecule has 0 saturated heterocycles. The molecule has 0 radical (unpaired) electrons. The molecule has 0 saturated carbocycles. The number of carboxylic acids is 1. The van der Waals surface area contributed by atoms with Crippen molar-refractivity contribution in [2.24, 2.45) is 0 Å². The van der Waals surface area contributed by atoms with Crippen LogP contribution in [0, 0.1) is 0 Å². The van der Waals surface area contributed by atoms with Crippen molar-refractivity contribution in [1.82, 2.24) is 9.97 Å². The van der Waals surface area contributed by atoms with Gasteiger partial charge >= 0.3 is 5.97 Å². The van der Waals surface area contributed by atoms with Gasteiger partial charge in [0, 0.05) is 4.47 Å². The number of carbonyl (C=O) groups is 1. The minimum Gasteiger partial charge on any atom is -0.478 e. The van der Waals surface area contributed by atoms with E-state index in [-0.39, 0.29) is 16.1 Å². The monoisotopic (exact) mass is 357 g/mol. The molecule has 1 heterocycles. The van der Waals surface area contributed by atoms with E-state index < -0.39 is 16.0 Å². The summed E-state index contributed by atoms with van der Waals surface area (Å²) >= 11 is 3.05. The van der Waals surface area contributed by atoms with Crippen LogP contribution in [-0.2, 0) is 10.0 Å². The summed E-state index contributed by atoms with van der Waals surface area (Å²) in [5, 5.41) is 8.98. The molecule has 0 fully saturated rings. The van der Waals surface area contributed by atoms with Crippen LogP contribution in [0.4, 0.5) is 5.69 Å². The summed E-state index contributed by atoms with van der Waals surface area (Å²) in [4.78, 5) is 18.2. The van der Waals surface area contributed by atoms with E-state index in [1.54, 1.807) is 0 Å². The molecule has 0 unspecified atom stereocenters. The van der Waals surface area contributed by atoms with Gasteiger partial charge in [0.2, 0.25) is 0 Å². The van der Waals surface area contributed by atoms with Crippen LogP contribution in [0.3, 0.4) is 0 Å². The molecule has 9 heteroatoms. The molecule has 2 rings (SSSR count). The van der Waals surface area contributed by atoms with Crippen LogP contribution in [0.1, 0.15) is 10.4 Å². The quantitative estimate of drug-likeness (QED) is 0.862. The molecule has 7 nitrogen and oxygen atoms in total. The minimum absolute atomic E-state index is 0.141. The van der Waals surface area contributed by atoms with Gasteiger partial charge in [-0.05, 0) is 34.1 Å². The fraction of sp³-hybridized carbons (Fsp3) is 0. The summed E-state index contributed by atoms with van der Waals surface area (Å²) in [5.41, 5.74) is 0.0458. The number of aromatic carboxylic acids is 1. The molecule has 0 aliphatic heterocycles. The zero-order valence-corrected chi connectivity index (χ0v) is 12.2. The number of carboxylic acid groups (broad SMARTS) is 1. The highest BCUT2D eigenvalue weighted by Crippen LogP contribution is 2.22. The average Bonchev–Trinajstić information content (AvgIpc) is 2.39. The van der Waals surface area contributed by atoms with E-state index in [0.717, 1.165) is 6.07 Å². The second-order valence-electron chi connectivity index (χ2n) is 3.68. The lowest BCUT2D eigenvalue weighted by Gasteiger charge is -2.08. The Morgan fingerprint density at radius 1 is 1.25 bits per heavy atom. The summed E-state index contributed by atoms with van der Waals surface area (Å²) in [6.07, 6.45) is 3.85. The third-order valence-corrected chi connectivity index (χ3v) is 4.36. The molecular weight excluding hydrogens is 350 g/mol. The Morgan fingerprint density at radius 3 is 2.50 bits per heavy atom. The maximum Gasteiger partial charge on any atom is 0.336 e. The molecule has 20 heavy (non-hydrogen) atoms. The number of sulfonamides is 1. The van der Waals surface area contributed by atoms with Gasteiger partial charge < -0.3 is 5.11 Å². The predicted octanol–water partition coefficient (Wildman–Crippen LogP) is 1.74. The lowest BCUT2D eigenvalue weighted by molar-refractivity contribution is 0.0695. The molecular formula is C11H8BrN3O4S. The van der Waals surface area contributed by atoms with Crippen molar-refractivity contribution in [2.45, 2.75) is 4.90 Å². The van der Waals surface area contributed by atoms with Crippen molar-refractivity contribution in [3.63, 3.8) is 0 Å². The molecule has 0 spiro atoms. The first-order valence-corrected chi connectivity index (χ1v) is 7.48. The maximum atomic E-state index is 12.1. The van der Waals surface area contributed by atoms with Gasteiger partial charge in [-0.15, -0.1) is 0 Å². The van der Waals surface area contributed by atoms with E-state index in [2.05, 4.69) is 30.6 Å². The number of hydrogen-bond acceptors (Lipinski definition) is 5. The van der Waals surface area contributed by atoms with Crippen molar-refractivity contribution in [3.05, 3.63) is 47.0 Å². The van der Waals surface area contributed by atoms with Crippen LogP contribution < -0.4 is 4.72 Å². The summed E-state index contributed by atoms with van der Waals surface area (Å²) in [7, 11) is -3.90. The number of anilines is 1. The molecule has 2 aromatic rings. The summed E-state index contributed by atoms with van der Waals surface area (Å²) in [5.74, 6) is -1.23. The second kappa shape index (κ2) is 5.55. The van der Waals surface area contributed by atoms with Crippen molar-refractivity contribution in [2.75, 3.05) is 4.72 Å². The number of nitrogens with zero attached hydrogens (tertiary/aromatic N) is 2. The van der Waals surface area contributed by atoms with Crippen molar-refractivity contribution in [1.29, 1.82) is 0 Å². The van der Waals surface area contributed by atoms with Crippen LogP contribution in [0.5, 0.6) is 0 Å². The van der Waals surface area contributed by atoms with E-state index in [9.17, 15) is 13.2 Å². The zero-order chi connectivity index (χ0) is 14.8. The first-order valence-electron chi connectivity index (χ1n) is 5.21. The van der Waals surface area contributed by atoms with Crippen LogP contribution >= 0.6 is 15.9 Å². The average molecular weight is 358 g/mol. The Bertz CT molecular complexity index is 750. The Labute approximate surface area is 122 Å². The molecule has 1 aromatic carbocycles. The van der Waals surface area contributed by atoms with Crippen LogP contribution in [-0.4, -0.2) is 29.5 Å². The molecule has 104 valence electrons. The topological polar surface area (TPSA) is 109 Å². The van der Waals surface area contributed by atoms with Crippen LogP contribution in [0.25, 0.3) is 0 Å². The first kappa shape index (κ1) is 14.4. The molecule has 0 bridgehead atoms. The highest BCUT2D eigenvalue weighted by Gasteiger charge is 2.18. The largest absolute Gasteiger partial charge is 0.478 e. The molecule has 1 aromatic heterocycles. The van der Waals surface area contributed by atoms with Gasteiger partial charge in [-0.25, -0.2) is 23.2 Å². The van der Waals surface area contributed by atoms with Gasteiger partial charge in [0.05, 0.1) is 28.5 Å². The fourth-order valence-electron chi connectivity index (χ4n) is 1.40. The standard InChI is InChI=1S/C11H8BrN3O4S/c12-10-2-1-8(3-9(10)11(16)17)20(18,19)15-7-4-13-6-14-5-7/h1-6,15H,(H,16,17). The number of hydrogen-bond donors (Lipinski definition) is 2. The summed E-state index contributed by atoms with van der Waals surface area (Å²) in [6, 6.07) is 3.72. The number of rotatable bonds is 4. The van der Waals surface area contributed by atoms with E-state index in [1.165, 1.54) is 30.9 Å². The van der Waals surface area contributed by atoms with E-state index in [4.69, 9.17) is 5.11 Å². The van der Waals surface area contributed by atoms with Gasteiger partial charge in [-0.3, -0.25) is 4.72 Å². The lowest BCUT2D eigenvalue weighted by atomic mass is 10.2. The summed E-state index contributed by atoms with van der Waals surface area (Å²) in [6.45, 7) is 0. The normalized spacial score (nSPS) is 11.1. The number of halogens is 1. The first-order chi connectivity index (χ1) is 9.40. The molecule has 0 amide bonds. The lowest BCUT2D eigenvalue weighted by Crippen LogP contribution is -2.14. The minimum atomic E-state index is -3.90. The van der Waals surface area contributed by atoms with Gasteiger partial charge in [0.15, 0.2) is 0 Å². The van der Waals surface area contributed by atoms with Crippen LogP contribution in [0.15, 0.2) is 46.3 Å². The van der Waals surface area contributed by atoms with Gasteiger partial charge in [-0.1, -0.05) is 0 Å². The van der Waals surface area contributed by atoms with E-state index in [0.29, 0.717) is 4.47 Å². The SMILES string of the molecule is O=C(O)c1cc(S(=O)(=O)Nc2cncnc2)ccc1Br.